The molecule has 0 atom stereocenters. The van der Waals surface area contributed by atoms with E-state index in [9.17, 15) is 5.11 Å². The van der Waals surface area contributed by atoms with Crippen LogP contribution in [-0.4, -0.2) is 29.6 Å². The van der Waals surface area contributed by atoms with Gasteiger partial charge in [0.25, 0.3) is 0 Å². The topological polar surface area (TPSA) is 23.5 Å². The van der Waals surface area contributed by atoms with Gasteiger partial charge in [-0.25, -0.2) is 0 Å². The molecule has 3 rings (SSSR count). The van der Waals surface area contributed by atoms with E-state index in [0.29, 0.717) is 0 Å². The first-order valence-corrected chi connectivity index (χ1v) is 8.46. The fourth-order valence-electron chi connectivity index (χ4n) is 3.08. The van der Waals surface area contributed by atoms with E-state index in [0.717, 1.165) is 48.6 Å². The van der Waals surface area contributed by atoms with E-state index in [1.54, 1.807) is 0 Å². The summed E-state index contributed by atoms with van der Waals surface area (Å²) in [6, 6.07) is 17.9. The molecular formula is C20H22ClNO. The molecule has 1 heterocycles. The summed E-state index contributed by atoms with van der Waals surface area (Å²) in [6.45, 7) is 2.69. The molecular weight excluding hydrogens is 306 g/mol. The number of benzene rings is 2. The van der Waals surface area contributed by atoms with Crippen LogP contribution in [0.4, 0.5) is 0 Å². The molecule has 0 bridgehead atoms. The number of halogens is 1. The van der Waals surface area contributed by atoms with E-state index in [2.05, 4.69) is 17.1 Å². The van der Waals surface area contributed by atoms with Gasteiger partial charge in [-0.1, -0.05) is 72.3 Å². The number of aliphatic hydroxyl groups is 1. The maximum absolute atomic E-state index is 10.8. The lowest BCUT2D eigenvalue weighted by Gasteiger charge is -2.38. The molecule has 1 aliphatic heterocycles. The molecule has 0 spiro atoms. The van der Waals surface area contributed by atoms with Crippen LogP contribution in [0.3, 0.4) is 0 Å². The Morgan fingerprint density at radius 1 is 1.00 bits per heavy atom. The second-order valence-corrected chi connectivity index (χ2v) is 6.53. The Morgan fingerprint density at radius 2 is 1.65 bits per heavy atom. The summed E-state index contributed by atoms with van der Waals surface area (Å²) in [6.07, 6.45) is 5.77. The molecule has 0 unspecified atom stereocenters. The van der Waals surface area contributed by atoms with Crippen LogP contribution >= 0.6 is 11.6 Å². The molecule has 0 amide bonds. The molecule has 1 saturated heterocycles. The summed E-state index contributed by atoms with van der Waals surface area (Å²) in [5.41, 5.74) is 1.41. The molecule has 0 saturated carbocycles. The Bertz CT molecular complexity index is 660. The van der Waals surface area contributed by atoms with Crippen LogP contribution in [0.5, 0.6) is 0 Å². The lowest BCUT2D eigenvalue weighted by molar-refractivity contribution is -0.0233. The van der Waals surface area contributed by atoms with Crippen LogP contribution in [0.1, 0.15) is 24.0 Å². The largest absolute Gasteiger partial charge is 0.385 e. The minimum atomic E-state index is -0.676. The van der Waals surface area contributed by atoms with E-state index in [1.165, 1.54) is 0 Å². The van der Waals surface area contributed by atoms with Crippen molar-refractivity contribution in [2.24, 2.45) is 0 Å². The van der Waals surface area contributed by atoms with Crippen molar-refractivity contribution >= 4 is 17.7 Å². The van der Waals surface area contributed by atoms with Gasteiger partial charge in [0.05, 0.1) is 5.60 Å². The van der Waals surface area contributed by atoms with Crippen molar-refractivity contribution in [3.05, 3.63) is 76.8 Å². The summed E-state index contributed by atoms with van der Waals surface area (Å²) in [4.78, 5) is 2.37. The SMILES string of the molecule is OC1(c2ccccc2)CCN(CC=Cc2ccccc2Cl)CC1. The molecule has 120 valence electrons. The Labute approximate surface area is 143 Å². The number of hydrogen-bond acceptors (Lipinski definition) is 2. The Balaban J connectivity index is 1.55. The normalized spacial score (nSPS) is 18.3. The maximum Gasteiger partial charge on any atom is 0.0920 e. The van der Waals surface area contributed by atoms with Gasteiger partial charge in [-0.2, -0.15) is 0 Å². The highest BCUT2D eigenvalue weighted by atomic mass is 35.5. The second-order valence-electron chi connectivity index (χ2n) is 6.12. The summed E-state index contributed by atoms with van der Waals surface area (Å²) in [5.74, 6) is 0. The standard InChI is InChI=1S/C20H22ClNO/c21-19-11-5-4-7-17(19)8-6-14-22-15-12-20(23,13-16-22)18-9-2-1-3-10-18/h1-11,23H,12-16H2. The summed E-state index contributed by atoms with van der Waals surface area (Å²) in [7, 11) is 0. The lowest BCUT2D eigenvalue weighted by Crippen LogP contribution is -2.42. The zero-order valence-corrected chi connectivity index (χ0v) is 13.9. The highest BCUT2D eigenvalue weighted by Gasteiger charge is 2.33. The van der Waals surface area contributed by atoms with Crippen molar-refractivity contribution in [1.29, 1.82) is 0 Å². The third kappa shape index (κ3) is 4.03. The second kappa shape index (κ2) is 7.31. The molecule has 0 radical (unpaired) electrons. The minimum Gasteiger partial charge on any atom is -0.385 e. The van der Waals surface area contributed by atoms with Gasteiger partial charge in [0.15, 0.2) is 0 Å². The first kappa shape index (κ1) is 16.3. The molecule has 1 fully saturated rings. The monoisotopic (exact) mass is 327 g/mol. The van der Waals surface area contributed by atoms with Crippen LogP contribution in [0, 0.1) is 0 Å². The Kier molecular flexibility index (Phi) is 5.16. The van der Waals surface area contributed by atoms with Gasteiger partial charge < -0.3 is 5.11 Å². The van der Waals surface area contributed by atoms with Crippen molar-refractivity contribution < 1.29 is 5.11 Å². The third-order valence-electron chi connectivity index (χ3n) is 4.56. The summed E-state index contributed by atoms with van der Waals surface area (Å²) < 4.78 is 0. The number of piperidine rings is 1. The first-order valence-electron chi connectivity index (χ1n) is 8.09. The Morgan fingerprint density at radius 3 is 2.35 bits per heavy atom. The van der Waals surface area contributed by atoms with Crippen LogP contribution < -0.4 is 0 Å². The van der Waals surface area contributed by atoms with Crippen molar-refractivity contribution in [3.8, 4) is 0 Å². The molecule has 0 aliphatic carbocycles. The van der Waals surface area contributed by atoms with Crippen LogP contribution in [0.15, 0.2) is 60.7 Å². The zero-order valence-electron chi connectivity index (χ0n) is 13.2. The van der Waals surface area contributed by atoms with Crippen LogP contribution in [0.25, 0.3) is 6.08 Å². The molecule has 2 nitrogen and oxygen atoms in total. The smallest absolute Gasteiger partial charge is 0.0920 e. The van der Waals surface area contributed by atoms with E-state index < -0.39 is 5.60 Å². The molecule has 2 aromatic rings. The average Bonchev–Trinajstić information content (AvgIpc) is 2.59. The van der Waals surface area contributed by atoms with Crippen LogP contribution in [-0.2, 0) is 5.60 Å². The Hall–Kier alpha value is -1.61. The molecule has 0 aromatic heterocycles. The van der Waals surface area contributed by atoms with Gasteiger partial charge in [-0.15, -0.1) is 0 Å². The number of hydrogen-bond donors (Lipinski definition) is 1. The van der Waals surface area contributed by atoms with E-state index in [1.807, 2.05) is 54.6 Å². The first-order chi connectivity index (χ1) is 11.2. The molecule has 23 heavy (non-hydrogen) atoms. The molecule has 3 heteroatoms. The van der Waals surface area contributed by atoms with E-state index >= 15 is 0 Å². The van der Waals surface area contributed by atoms with Gasteiger partial charge in [0, 0.05) is 24.7 Å². The summed E-state index contributed by atoms with van der Waals surface area (Å²) in [5, 5.41) is 11.6. The van der Waals surface area contributed by atoms with Gasteiger partial charge in [-0.3, -0.25) is 4.90 Å². The number of likely N-dealkylation sites (tertiary alicyclic amines) is 1. The fraction of sp³-hybridized carbons (Fsp3) is 0.300. The average molecular weight is 328 g/mol. The van der Waals surface area contributed by atoms with Crippen molar-refractivity contribution in [3.63, 3.8) is 0 Å². The van der Waals surface area contributed by atoms with Gasteiger partial charge in [-0.05, 0) is 30.0 Å². The van der Waals surface area contributed by atoms with E-state index in [-0.39, 0.29) is 0 Å². The lowest BCUT2D eigenvalue weighted by atomic mass is 9.84. The maximum atomic E-state index is 10.8. The van der Waals surface area contributed by atoms with Gasteiger partial charge in [0.2, 0.25) is 0 Å². The quantitative estimate of drug-likeness (QED) is 0.903. The third-order valence-corrected chi connectivity index (χ3v) is 4.90. The molecule has 2 aromatic carbocycles. The van der Waals surface area contributed by atoms with Crippen LogP contribution in [0.2, 0.25) is 5.02 Å². The van der Waals surface area contributed by atoms with Crippen molar-refractivity contribution in [1.82, 2.24) is 4.90 Å². The minimum absolute atomic E-state index is 0.676. The highest BCUT2D eigenvalue weighted by Crippen LogP contribution is 2.32. The van der Waals surface area contributed by atoms with Gasteiger partial charge >= 0.3 is 0 Å². The number of nitrogens with zero attached hydrogens (tertiary/aromatic N) is 1. The van der Waals surface area contributed by atoms with Crippen molar-refractivity contribution in [2.45, 2.75) is 18.4 Å². The summed E-state index contributed by atoms with van der Waals surface area (Å²) >= 11 is 6.15. The predicted molar refractivity (Wildman–Crippen MR) is 96.5 cm³/mol. The molecule has 1 aliphatic rings. The predicted octanol–water partition coefficient (Wildman–Crippen LogP) is 4.34. The number of rotatable bonds is 4. The molecule has 1 N–H and O–H groups in total. The zero-order chi connectivity index (χ0) is 16.1. The highest BCUT2D eigenvalue weighted by molar-refractivity contribution is 6.32. The van der Waals surface area contributed by atoms with Crippen molar-refractivity contribution in [2.75, 3.05) is 19.6 Å². The van der Waals surface area contributed by atoms with E-state index in [4.69, 9.17) is 11.6 Å². The van der Waals surface area contributed by atoms with Gasteiger partial charge in [0.1, 0.15) is 0 Å². The fourth-order valence-corrected chi connectivity index (χ4v) is 3.28.